The zero-order valence-corrected chi connectivity index (χ0v) is 7.00. The molecule has 0 aromatic carbocycles. The van der Waals surface area contributed by atoms with Crippen LogP contribution in [0.1, 0.15) is 1.43 Å². The molecule has 0 radical (unpaired) electrons. The molecule has 0 rings (SSSR count). The molecule has 0 aromatic rings. The fourth-order valence-corrected chi connectivity index (χ4v) is 0. The van der Waals surface area contributed by atoms with Crippen molar-refractivity contribution in [3.05, 3.63) is 0 Å². The van der Waals surface area contributed by atoms with Crippen LogP contribution in [-0.2, 0) is 0 Å². The average molecular weight is 116 g/mol. The van der Waals surface area contributed by atoms with Crippen LogP contribution in [0.4, 0.5) is 0 Å². The minimum atomic E-state index is 0. The first-order valence-electron chi connectivity index (χ1n) is 0.781. The summed E-state index contributed by atoms with van der Waals surface area (Å²) in [5.41, 5.74) is 9.24. The molecule has 0 atom stereocenters. The van der Waals surface area contributed by atoms with Gasteiger partial charge in [-0.05, 0) is 12.2 Å². The minimum absolute atomic E-state index is 0. The van der Waals surface area contributed by atoms with E-state index in [4.69, 9.17) is 0 Å². The molecule has 0 aromatic heterocycles. The standard InChI is InChI=1S/CH4N2S.K.H/c2-1(3)4;;/h(H4,2,3,4);;/q;+1;-1. The van der Waals surface area contributed by atoms with Crippen molar-refractivity contribution in [2.45, 2.75) is 0 Å². The van der Waals surface area contributed by atoms with Crippen LogP contribution in [-0.4, -0.2) is 5.11 Å². The second kappa shape index (κ2) is 5.33. The van der Waals surface area contributed by atoms with Crippen LogP contribution in [0.2, 0.25) is 0 Å². The van der Waals surface area contributed by atoms with Crippen LogP contribution < -0.4 is 62.9 Å². The molecule has 4 heteroatoms. The number of nitrogens with two attached hydrogens (primary N) is 2. The Bertz CT molecular complexity index is 36.5. The third kappa shape index (κ3) is 33.5. The molecule has 5 heavy (non-hydrogen) atoms. The van der Waals surface area contributed by atoms with E-state index in [1.165, 1.54) is 0 Å². The number of thiocarbonyl (C=S) groups is 1. The summed E-state index contributed by atoms with van der Waals surface area (Å²) in [6, 6.07) is 0. The number of hydrogen-bond acceptors (Lipinski definition) is 1. The van der Waals surface area contributed by atoms with Crippen LogP contribution in [0, 0.1) is 0 Å². The van der Waals surface area contributed by atoms with E-state index in [0.29, 0.717) is 0 Å². The van der Waals surface area contributed by atoms with Crippen LogP contribution in [0.15, 0.2) is 0 Å². The summed E-state index contributed by atoms with van der Waals surface area (Å²) in [5.74, 6) is 0. The minimum Gasteiger partial charge on any atom is -1.00 e. The molecular weight excluding hydrogens is 111 g/mol. The molecule has 0 amide bonds. The van der Waals surface area contributed by atoms with Gasteiger partial charge in [0.05, 0.1) is 0 Å². The predicted octanol–water partition coefficient (Wildman–Crippen LogP) is -3.69. The van der Waals surface area contributed by atoms with Gasteiger partial charge in [-0.3, -0.25) is 0 Å². The zero-order chi connectivity index (χ0) is 3.58. The summed E-state index contributed by atoms with van der Waals surface area (Å²) in [4.78, 5) is 0. The zero-order valence-electron chi connectivity index (χ0n) is 4.06. The van der Waals surface area contributed by atoms with Crippen molar-refractivity contribution in [1.82, 2.24) is 0 Å². The van der Waals surface area contributed by atoms with Gasteiger partial charge >= 0.3 is 51.4 Å². The van der Waals surface area contributed by atoms with Gasteiger partial charge in [-0.2, -0.15) is 0 Å². The largest absolute Gasteiger partial charge is 1.00 e. The Balaban J connectivity index is -0.0000000450. The third-order valence-electron chi connectivity index (χ3n) is 0. The summed E-state index contributed by atoms with van der Waals surface area (Å²) in [6.07, 6.45) is 0. The second-order valence-corrected chi connectivity index (χ2v) is 0.874. The molecule has 0 saturated carbocycles. The maximum Gasteiger partial charge on any atom is 1.00 e. The number of rotatable bonds is 0. The predicted molar refractivity (Wildman–Crippen MR) is 22.1 cm³/mol. The van der Waals surface area contributed by atoms with E-state index in [9.17, 15) is 0 Å². The Kier molecular flexibility index (Phi) is 10.2. The summed E-state index contributed by atoms with van der Waals surface area (Å²) >= 11 is 4.09. The van der Waals surface area contributed by atoms with Crippen molar-refractivity contribution in [2.75, 3.05) is 0 Å². The van der Waals surface area contributed by atoms with Crippen molar-refractivity contribution in [3.63, 3.8) is 0 Å². The average Bonchev–Trinajstić information content (AvgIpc) is 0.811. The van der Waals surface area contributed by atoms with Crippen molar-refractivity contribution in [2.24, 2.45) is 11.5 Å². The molecule has 0 spiro atoms. The van der Waals surface area contributed by atoms with E-state index in [2.05, 4.69) is 23.7 Å². The normalized spacial score (nSPS) is 4.80. The van der Waals surface area contributed by atoms with E-state index in [-0.39, 0.29) is 57.9 Å². The molecule has 0 aliphatic carbocycles. The van der Waals surface area contributed by atoms with E-state index >= 15 is 0 Å². The molecule has 0 unspecified atom stereocenters. The molecule has 2 nitrogen and oxygen atoms in total. The SMILES string of the molecule is NC(N)=S.[H-].[K+]. The molecular formula is CH5KN2S. The van der Waals surface area contributed by atoms with Gasteiger partial charge in [-0.25, -0.2) is 0 Å². The molecule has 0 heterocycles. The van der Waals surface area contributed by atoms with Gasteiger partial charge in [0.15, 0.2) is 5.11 Å². The van der Waals surface area contributed by atoms with E-state index < -0.39 is 0 Å². The van der Waals surface area contributed by atoms with E-state index in [1.54, 1.807) is 0 Å². The Morgan fingerprint density at radius 3 is 1.60 bits per heavy atom. The van der Waals surface area contributed by atoms with Gasteiger partial charge < -0.3 is 12.9 Å². The molecule has 4 N–H and O–H groups in total. The van der Waals surface area contributed by atoms with Gasteiger partial charge in [0, 0.05) is 0 Å². The third-order valence-corrected chi connectivity index (χ3v) is 0. The molecule has 0 aliphatic rings. The van der Waals surface area contributed by atoms with Gasteiger partial charge in [0.1, 0.15) is 0 Å². The van der Waals surface area contributed by atoms with E-state index in [1.807, 2.05) is 0 Å². The summed E-state index contributed by atoms with van der Waals surface area (Å²) in [7, 11) is 0. The van der Waals surface area contributed by atoms with Crippen molar-refractivity contribution >= 4 is 17.3 Å². The Morgan fingerprint density at radius 2 is 1.60 bits per heavy atom. The summed E-state index contributed by atoms with van der Waals surface area (Å²) in [5, 5.41) is 0.000000000000000222. The monoisotopic (exact) mass is 116 g/mol. The van der Waals surface area contributed by atoms with Crippen molar-refractivity contribution in [3.8, 4) is 0 Å². The Morgan fingerprint density at radius 1 is 1.60 bits per heavy atom. The van der Waals surface area contributed by atoms with Gasteiger partial charge in [0.25, 0.3) is 0 Å². The fraction of sp³-hybridized carbons (Fsp3) is 0. The maximum atomic E-state index is 4.62. The number of hydrogen-bond donors (Lipinski definition) is 2. The Labute approximate surface area is 80.2 Å². The van der Waals surface area contributed by atoms with Crippen LogP contribution >= 0.6 is 12.2 Å². The summed E-state index contributed by atoms with van der Waals surface area (Å²) < 4.78 is 0. The molecule has 0 fully saturated rings. The fourth-order valence-electron chi connectivity index (χ4n) is 0. The molecule has 0 bridgehead atoms. The Hall–Kier alpha value is 1.33. The van der Waals surface area contributed by atoms with Crippen molar-refractivity contribution in [1.29, 1.82) is 0 Å². The molecule has 0 aliphatic heterocycles. The second-order valence-electron chi connectivity index (χ2n) is 0.402. The van der Waals surface area contributed by atoms with Crippen molar-refractivity contribution < 1.29 is 52.8 Å². The first-order valence-corrected chi connectivity index (χ1v) is 1.19. The van der Waals surface area contributed by atoms with Gasteiger partial charge in [0.2, 0.25) is 0 Å². The van der Waals surface area contributed by atoms with Gasteiger partial charge in [-0.15, -0.1) is 0 Å². The summed E-state index contributed by atoms with van der Waals surface area (Å²) in [6.45, 7) is 0. The van der Waals surface area contributed by atoms with Gasteiger partial charge in [-0.1, -0.05) is 0 Å². The van der Waals surface area contributed by atoms with E-state index in [0.717, 1.165) is 0 Å². The maximum absolute atomic E-state index is 4.62. The topological polar surface area (TPSA) is 52.0 Å². The van der Waals surface area contributed by atoms with Crippen LogP contribution in [0.5, 0.6) is 0 Å². The first-order chi connectivity index (χ1) is 1.73. The van der Waals surface area contributed by atoms with Crippen LogP contribution in [0.25, 0.3) is 0 Å². The smallest absolute Gasteiger partial charge is 1.00 e. The first kappa shape index (κ1) is 9.59. The quantitative estimate of drug-likeness (QED) is 0.253. The molecule has 0 saturated heterocycles. The van der Waals surface area contributed by atoms with Crippen LogP contribution in [0.3, 0.4) is 0 Å². The molecule has 26 valence electrons.